The van der Waals surface area contributed by atoms with E-state index in [-0.39, 0.29) is 6.03 Å². The Morgan fingerprint density at radius 1 is 1.00 bits per heavy atom. The summed E-state index contributed by atoms with van der Waals surface area (Å²) in [4.78, 5) is 15.5. The molecule has 30 heavy (non-hydrogen) atoms. The maximum Gasteiger partial charge on any atom is 0.333 e. The summed E-state index contributed by atoms with van der Waals surface area (Å²) in [5, 5.41) is 2.82. The average molecular weight is 409 g/mol. The maximum atomic E-state index is 12.0. The standard InChI is InChI=1S/C24H32N4O2/c1-6-19-13-20(7-2)15-21(14-19)30-11-9-8-10-26-24(29)28-27-23-16-22(25-5)17(3)12-18(23)4/h12-16,27H,6-11H2,1-4H3,(H2,26,28,29). The van der Waals surface area contributed by atoms with E-state index in [1.54, 1.807) is 6.07 Å². The number of carbonyl (C=O) groups is 1. The number of nitrogens with one attached hydrogen (secondary N) is 3. The molecule has 2 aromatic rings. The SMILES string of the molecule is [C-]#[N+]c1cc(NNC(=O)NCCCCOc2cc(CC)cc(CC)c2)c(C)cc1C. The van der Waals surface area contributed by atoms with E-state index in [1.807, 2.05) is 19.9 Å². The lowest BCUT2D eigenvalue weighted by molar-refractivity contribution is 0.242. The van der Waals surface area contributed by atoms with Crippen LogP contribution in [0.3, 0.4) is 0 Å². The molecule has 0 aliphatic heterocycles. The van der Waals surface area contributed by atoms with E-state index in [1.165, 1.54) is 11.1 Å². The number of hydrazine groups is 1. The number of benzene rings is 2. The summed E-state index contributed by atoms with van der Waals surface area (Å²) in [6.45, 7) is 16.5. The summed E-state index contributed by atoms with van der Waals surface area (Å²) in [7, 11) is 0. The average Bonchev–Trinajstić information content (AvgIpc) is 2.75. The molecule has 6 heteroatoms. The monoisotopic (exact) mass is 408 g/mol. The Kier molecular flexibility index (Phi) is 9.02. The number of ether oxygens (including phenoxy) is 1. The summed E-state index contributed by atoms with van der Waals surface area (Å²) in [6.07, 6.45) is 3.68. The highest BCUT2D eigenvalue weighted by Crippen LogP contribution is 2.26. The van der Waals surface area contributed by atoms with Crippen LogP contribution in [0.15, 0.2) is 30.3 Å². The highest BCUT2D eigenvalue weighted by molar-refractivity contribution is 5.76. The summed E-state index contributed by atoms with van der Waals surface area (Å²) in [6, 6.07) is 9.79. The molecule has 0 radical (unpaired) electrons. The lowest BCUT2D eigenvalue weighted by Crippen LogP contribution is -2.39. The minimum Gasteiger partial charge on any atom is -0.494 e. The Balaban J connectivity index is 1.67. The van der Waals surface area contributed by atoms with Gasteiger partial charge in [-0.15, -0.1) is 0 Å². The molecule has 0 spiro atoms. The molecule has 2 aromatic carbocycles. The van der Waals surface area contributed by atoms with Crippen molar-refractivity contribution in [3.63, 3.8) is 0 Å². The van der Waals surface area contributed by atoms with Crippen LogP contribution < -0.4 is 20.9 Å². The maximum absolute atomic E-state index is 12.0. The first-order valence-electron chi connectivity index (χ1n) is 10.5. The minimum atomic E-state index is -0.302. The normalized spacial score (nSPS) is 10.2. The van der Waals surface area contributed by atoms with Crippen molar-refractivity contribution in [2.24, 2.45) is 0 Å². The number of nitrogens with zero attached hydrogens (tertiary/aromatic N) is 1. The third-order valence-corrected chi connectivity index (χ3v) is 4.94. The van der Waals surface area contributed by atoms with Gasteiger partial charge in [0.1, 0.15) is 5.75 Å². The molecule has 0 fully saturated rings. The van der Waals surface area contributed by atoms with Crippen LogP contribution in [-0.4, -0.2) is 19.2 Å². The van der Waals surface area contributed by atoms with Crippen molar-refractivity contribution in [2.45, 2.75) is 53.4 Å². The van der Waals surface area contributed by atoms with Gasteiger partial charge in [0.05, 0.1) is 13.2 Å². The topological polar surface area (TPSA) is 66.8 Å². The quantitative estimate of drug-likeness (QED) is 0.278. The van der Waals surface area contributed by atoms with E-state index in [4.69, 9.17) is 11.3 Å². The number of carbonyl (C=O) groups excluding carboxylic acids is 1. The molecular weight excluding hydrogens is 376 g/mol. The van der Waals surface area contributed by atoms with Crippen LogP contribution in [0.4, 0.5) is 16.2 Å². The van der Waals surface area contributed by atoms with Gasteiger partial charge < -0.3 is 10.1 Å². The molecule has 0 saturated carbocycles. The molecule has 0 aliphatic carbocycles. The molecule has 6 nitrogen and oxygen atoms in total. The highest BCUT2D eigenvalue weighted by Gasteiger charge is 2.06. The molecular formula is C24H32N4O2. The lowest BCUT2D eigenvalue weighted by atomic mass is 10.1. The summed E-state index contributed by atoms with van der Waals surface area (Å²) in [5.74, 6) is 0.924. The molecule has 2 rings (SSSR count). The van der Waals surface area contributed by atoms with Gasteiger partial charge in [0.15, 0.2) is 5.69 Å². The van der Waals surface area contributed by atoms with Crippen molar-refractivity contribution in [1.82, 2.24) is 10.7 Å². The lowest BCUT2D eigenvalue weighted by Gasteiger charge is -2.13. The molecule has 0 atom stereocenters. The molecule has 160 valence electrons. The minimum absolute atomic E-state index is 0.302. The van der Waals surface area contributed by atoms with Gasteiger partial charge in [-0.2, -0.15) is 0 Å². The van der Waals surface area contributed by atoms with Crippen LogP contribution in [0.25, 0.3) is 4.85 Å². The Morgan fingerprint density at radius 2 is 1.70 bits per heavy atom. The molecule has 0 bridgehead atoms. The molecule has 0 aliphatic rings. The number of rotatable bonds is 10. The molecule has 3 N–H and O–H groups in total. The molecule has 0 unspecified atom stereocenters. The van der Waals surface area contributed by atoms with Crippen molar-refractivity contribution in [3.05, 3.63) is 64.0 Å². The number of hydrogen-bond acceptors (Lipinski definition) is 3. The van der Waals surface area contributed by atoms with Crippen LogP contribution in [-0.2, 0) is 12.8 Å². The molecule has 0 saturated heterocycles. The van der Waals surface area contributed by atoms with Crippen LogP contribution in [0, 0.1) is 20.4 Å². The van der Waals surface area contributed by atoms with Crippen LogP contribution in [0.5, 0.6) is 5.75 Å². The van der Waals surface area contributed by atoms with Crippen molar-refractivity contribution in [2.75, 3.05) is 18.6 Å². The highest BCUT2D eigenvalue weighted by atomic mass is 16.5. The predicted octanol–water partition coefficient (Wildman–Crippen LogP) is 5.46. The second kappa shape index (κ2) is 11.7. The summed E-state index contributed by atoms with van der Waals surface area (Å²) in [5.41, 5.74) is 11.3. The van der Waals surface area contributed by atoms with Gasteiger partial charge in [-0.05, 0) is 80.0 Å². The summed E-state index contributed by atoms with van der Waals surface area (Å²) < 4.78 is 5.88. The van der Waals surface area contributed by atoms with Crippen molar-refractivity contribution < 1.29 is 9.53 Å². The van der Waals surface area contributed by atoms with Gasteiger partial charge in [0.25, 0.3) is 0 Å². The fraction of sp³-hybridized carbons (Fsp3) is 0.417. The van der Waals surface area contributed by atoms with E-state index < -0.39 is 0 Å². The first-order valence-corrected chi connectivity index (χ1v) is 10.5. The van der Waals surface area contributed by atoms with E-state index in [2.05, 4.69) is 53.1 Å². The Bertz CT molecular complexity index is 881. The molecule has 0 heterocycles. The van der Waals surface area contributed by atoms with Crippen LogP contribution in [0.2, 0.25) is 0 Å². The summed E-state index contributed by atoms with van der Waals surface area (Å²) >= 11 is 0. The zero-order valence-electron chi connectivity index (χ0n) is 18.4. The zero-order chi connectivity index (χ0) is 21.9. The third-order valence-electron chi connectivity index (χ3n) is 4.94. The van der Waals surface area contributed by atoms with Gasteiger partial charge >= 0.3 is 6.03 Å². The van der Waals surface area contributed by atoms with E-state index in [0.717, 1.165) is 48.2 Å². The van der Waals surface area contributed by atoms with Gasteiger partial charge in [0, 0.05) is 12.2 Å². The fourth-order valence-corrected chi connectivity index (χ4v) is 3.10. The number of hydrogen-bond donors (Lipinski definition) is 3. The number of aryl methyl sites for hydroxylation is 4. The van der Waals surface area contributed by atoms with Gasteiger partial charge in [-0.3, -0.25) is 10.9 Å². The number of unbranched alkanes of at least 4 members (excludes halogenated alkanes) is 1. The first-order chi connectivity index (χ1) is 14.5. The molecule has 2 amide bonds. The number of anilines is 1. The van der Waals surface area contributed by atoms with Crippen LogP contribution >= 0.6 is 0 Å². The zero-order valence-corrected chi connectivity index (χ0v) is 18.4. The second-order valence-corrected chi connectivity index (χ2v) is 7.32. The fourth-order valence-electron chi connectivity index (χ4n) is 3.10. The first kappa shape index (κ1) is 23.1. The van der Waals surface area contributed by atoms with Crippen molar-refractivity contribution in [3.8, 4) is 5.75 Å². The van der Waals surface area contributed by atoms with E-state index in [0.29, 0.717) is 18.8 Å². The smallest absolute Gasteiger partial charge is 0.333 e. The molecule has 0 aromatic heterocycles. The van der Waals surface area contributed by atoms with E-state index >= 15 is 0 Å². The van der Waals surface area contributed by atoms with Gasteiger partial charge in [-0.25, -0.2) is 9.64 Å². The third kappa shape index (κ3) is 7.00. The van der Waals surface area contributed by atoms with Crippen molar-refractivity contribution >= 4 is 17.4 Å². The Hall–Kier alpha value is -3.20. The van der Waals surface area contributed by atoms with Crippen LogP contribution in [0.1, 0.15) is 48.9 Å². The van der Waals surface area contributed by atoms with Gasteiger partial charge in [0.2, 0.25) is 0 Å². The van der Waals surface area contributed by atoms with Crippen molar-refractivity contribution in [1.29, 1.82) is 0 Å². The van der Waals surface area contributed by atoms with E-state index in [9.17, 15) is 4.79 Å². The second-order valence-electron chi connectivity index (χ2n) is 7.32. The largest absolute Gasteiger partial charge is 0.494 e. The Labute approximate surface area is 179 Å². The van der Waals surface area contributed by atoms with Gasteiger partial charge in [-0.1, -0.05) is 26.0 Å². The number of amides is 2. The Morgan fingerprint density at radius 3 is 2.33 bits per heavy atom. The predicted molar refractivity (Wildman–Crippen MR) is 122 cm³/mol. The number of urea groups is 1.